The molecule has 1 heterocycles. The molecule has 0 aliphatic rings. The van der Waals surface area contributed by atoms with Gasteiger partial charge < -0.3 is 19.7 Å². The second-order valence-electron chi connectivity index (χ2n) is 7.18. The van der Waals surface area contributed by atoms with E-state index < -0.39 is 0 Å². The number of benzene rings is 3. The maximum absolute atomic E-state index is 9.87. The molecule has 1 atom stereocenters. The summed E-state index contributed by atoms with van der Waals surface area (Å²) in [5.74, 6) is 0.845. The van der Waals surface area contributed by atoms with Crippen LogP contribution in [-0.4, -0.2) is 23.4 Å². The van der Waals surface area contributed by atoms with Crippen LogP contribution in [0.25, 0.3) is 10.9 Å². The summed E-state index contributed by atoms with van der Waals surface area (Å²) in [6, 6.07) is 26.6. The summed E-state index contributed by atoms with van der Waals surface area (Å²) in [5, 5.41) is 14.5. The van der Waals surface area contributed by atoms with Crippen molar-refractivity contribution in [1.82, 2.24) is 9.88 Å². The molecule has 0 radical (unpaired) electrons. The molecule has 0 saturated carbocycles. The summed E-state index contributed by atoms with van der Waals surface area (Å²) in [7, 11) is 1.69. The number of hydrogen-bond donors (Lipinski definition) is 2. The molecule has 4 rings (SSSR count). The van der Waals surface area contributed by atoms with Gasteiger partial charge >= 0.3 is 0 Å². The van der Waals surface area contributed by atoms with Crippen LogP contribution in [0.5, 0.6) is 5.75 Å². The Hall–Kier alpha value is -3.08. The van der Waals surface area contributed by atoms with Gasteiger partial charge in [-0.25, -0.2) is 0 Å². The summed E-state index contributed by atoms with van der Waals surface area (Å²) in [6.45, 7) is 1.52. The average Bonchev–Trinajstić information content (AvgIpc) is 3.12. The molecule has 29 heavy (non-hydrogen) atoms. The molecule has 2 N–H and O–H groups in total. The predicted octanol–water partition coefficient (Wildman–Crippen LogP) is 4.52. The van der Waals surface area contributed by atoms with E-state index in [4.69, 9.17) is 4.74 Å². The zero-order valence-corrected chi connectivity index (χ0v) is 16.6. The molecule has 0 saturated heterocycles. The van der Waals surface area contributed by atoms with Crippen molar-refractivity contribution in [2.45, 2.75) is 19.1 Å². The Morgan fingerprint density at radius 2 is 1.69 bits per heavy atom. The number of rotatable bonds is 8. The Kier molecular flexibility index (Phi) is 5.94. The van der Waals surface area contributed by atoms with E-state index in [1.165, 1.54) is 16.6 Å². The van der Waals surface area contributed by atoms with E-state index in [0.29, 0.717) is 6.54 Å². The molecule has 4 heteroatoms. The normalized spacial score (nSPS) is 12.2. The lowest BCUT2D eigenvalue weighted by Gasteiger charge is -2.16. The zero-order valence-electron chi connectivity index (χ0n) is 16.6. The van der Waals surface area contributed by atoms with Gasteiger partial charge in [0.1, 0.15) is 5.75 Å². The Morgan fingerprint density at radius 1 is 0.966 bits per heavy atom. The molecular formula is C25H26N2O2. The van der Waals surface area contributed by atoms with E-state index in [1.54, 1.807) is 7.11 Å². The molecule has 4 nitrogen and oxygen atoms in total. The molecule has 4 aromatic rings. The van der Waals surface area contributed by atoms with Gasteiger partial charge in [-0.2, -0.15) is 0 Å². The largest absolute Gasteiger partial charge is 0.497 e. The lowest BCUT2D eigenvalue weighted by Crippen LogP contribution is -2.23. The second kappa shape index (κ2) is 8.95. The summed E-state index contributed by atoms with van der Waals surface area (Å²) >= 11 is 0. The van der Waals surface area contributed by atoms with Gasteiger partial charge in [0.25, 0.3) is 0 Å². The molecule has 0 unspecified atom stereocenters. The molecule has 0 spiro atoms. The molecule has 148 valence electrons. The minimum absolute atomic E-state index is 0.0516. The first-order chi connectivity index (χ1) is 14.3. The summed E-state index contributed by atoms with van der Waals surface area (Å²) < 4.78 is 7.73. The van der Waals surface area contributed by atoms with Crippen LogP contribution in [0.15, 0.2) is 85.1 Å². The number of nitrogens with zero attached hydrogens (tertiary/aromatic N) is 1. The third-order valence-corrected chi connectivity index (χ3v) is 5.29. The maximum atomic E-state index is 9.87. The molecule has 0 fully saturated rings. The first-order valence-electron chi connectivity index (χ1n) is 9.87. The minimum atomic E-state index is -0.102. The molecular weight excluding hydrogens is 360 g/mol. The highest BCUT2D eigenvalue weighted by Gasteiger charge is 2.14. The van der Waals surface area contributed by atoms with E-state index in [0.717, 1.165) is 23.2 Å². The lowest BCUT2D eigenvalue weighted by molar-refractivity contribution is 0.244. The maximum Gasteiger partial charge on any atom is 0.119 e. The molecule has 0 amide bonds. The fraction of sp³-hybridized carbons (Fsp3) is 0.200. The van der Waals surface area contributed by atoms with Crippen molar-refractivity contribution in [1.29, 1.82) is 0 Å². The number of aromatic nitrogens is 1. The molecule has 3 aromatic carbocycles. The van der Waals surface area contributed by atoms with Crippen LogP contribution < -0.4 is 10.1 Å². The van der Waals surface area contributed by atoms with Gasteiger partial charge in [-0.05, 0) is 34.9 Å². The van der Waals surface area contributed by atoms with Gasteiger partial charge in [-0.15, -0.1) is 0 Å². The Labute approximate surface area is 171 Å². The van der Waals surface area contributed by atoms with Crippen molar-refractivity contribution in [2.24, 2.45) is 0 Å². The minimum Gasteiger partial charge on any atom is -0.497 e. The van der Waals surface area contributed by atoms with E-state index in [2.05, 4.69) is 52.5 Å². The van der Waals surface area contributed by atoms with Gasteiger partial charge in [0.05, 0.1) is 19.8 Å². The number of hydrogen-bond acceptors (Lipinski definition) is 3. The van der Waals surface area contributed by atoms with E-state index in [1.807, 2.05) is 42.5 Å². The van der Waals surface area contributed by atoms with Crippen LogP contribution in [0.3, 0.4) is 0 Å². The third-order valence-electron chi connectivity index (χ3n) is 5.29. The lowest BCUT2D eigenvalue weighted by atomic mass is 10.1. The van der Waals surface area contributed by atoms with E-state index >= 15 is 0 Å². The summed E-state index contributed by atoms with van der Waals surface area (Å²) in [4.78, 5) is 0. The third kappa shape index (κ3) is 4.34. The van der Waals surface area contributed by atoms with Crippen LogP contribution in [-0.2, 0) is 13.1 Å². The van der Waals surface area contributed by atoms with Crippen molar-refractivity contribution in [3.63, 3.8) is 0 Å². The Balaban J connectivity index is 1.64. The van der Waals surface area contributed by atoms with Gasteiger partial charge in [0.2, 0.25) is 0 Å². The quantitative estimate of drug-likeness (QED) is 0.468. The smallest absolute Gasteiger partial charge is 0.119 e. The highest BCUT2D eigenvalue weighted by molar-refractivity contribution is 5.85. The van der Waals surface area contributed by atoms with Gasteiger partial charge in [-0.1, -0.05) is 60.7 Å². The van der Waals surface area contributed by atoms with Crippen LogP contribution >= 0.6 is 0 Å². The Morgan fingerprint density at radius 3 is 2.38 bits per heavy atom. The number of ether oxygens (including phenoxy) is 1. The van der Waals surface area contributed by atoms with Crippen LogP contribution in [0.4, 0.5) is 0 Å². The summed E-state index contributed by atoms with van der Waals surface area (Å²) in [5.41, 5.74) is 4.70. The fourth-order valence-corrected chi connectivity index (χ4v) is 3.74. The first kappa shape index (κ1) is 19.2. The van der Waals surface area contributed by atoms with E-state index in [-0.39, 0.29) is 12.6 Å². The molecule has 0 aliphatic carbocycles. The van der Waals surface area contributed by atoms with Crippen molar-refractivity contribution >= 4 is 10.9 Å². The van der Waals surface area contributed by atoms with E-state index in [9.17, 15) is 5.11 Å². The van der Waals surface area contributed by atoms with Crippen molar-refractivity contribution in [3.05, 3.63) is 102 Å². The SMILES string of the molecule is COc1ccc2c(c1)c(CN[C@@H](CO)c1ccccc1)cn2Cc1ccccc1. The molecule has 0 aliphatic heterocycles. The number of methoxy groups -OCH3 is 1. The Bertz CT molecular complexity index is 1060. The summed E-state index contributed by atoms with van der Waals surface area (Å²) in [6.07, 6.45) is 2.20. The van der Waals surface area contributed by atoms with Crippen LogP contribution in [0, 0.1) is 0 Å². The van der Waals surface area contributed by atoms with Crippen molar-refractivity contribution < 1.29 is 9.84 Å². The fourth-order valence-electron chi connectivity index (χ4n) is 3.74. The standard InChI is InChI=1S/C25H26N2O2/c1-29-22-12-13-25-23(14-22)21(17-27(25)16-19-8-4-2-5-9-19)15-26-24(18-28)20-10-6-3-7-11-20/h2-14,17,24,26,28H,15-16,18H2,1H3/t24-/m0/s1. The van der Waals surface area contributed by atoms with Crippen LogP contribution in [0.1, 0.15) is 22.7 Å². The van der Waals surface area contributed by atoms with Gasteiger partial charge in [0.15, 0.2) is 0 Å². The van der Waals surface area contributed by atoms with Gasteiger partial charge in [-0.3, -0.25) is 0 Å². The molecule has 0 bridgehead atoms. The number of nitrogens with one attached hydrogen (secondary N) is 1. The molecule has 1 aromatic heterocycles. The number of aliphatic hydroxyl groups is 1. The topological polar surface area (TPSA) is 46.4 Å². The average molecular weight is 386 g/mol. The number of fused-ring (bicyclic) bond motifs is 1. The second-order valence-corrected chi connectivity index (χ2v) is 7.18. The van der Waals surface area contributed by atoms with Crippen LogP contribution in [0.2, 0.25) is 0 Å². The predicted molar refractivity (Wildman–Crippen MR) is 117 cm³/mol. The highest BCUT2D eigenvalue weighted by Crippen LogP contribution is 2.27. The highest BCUT2D eigenvalue weighted by atomic mass is 16.5. The number of aliphatic hydroxyl groups excluding tert-OH is 1. The monoisotopic (exact) mass is 386 g/mol. The zero-order chi connectivity index (χ0) is 20.1. The van der Waals surface area contributed by atoms with Gasteiger partial charge in [0, 0.05) is 30.2 Å². The van der Waals surface area contributed by atoms with Crippen molar-refractivity contribution in [3.8, 4) is 5.75 Å². The first-order valence-corrected chi connectivity index (χ1v) is 9.87. The van der Waals surface area contributed by atoms with Crippen molar-refractivity contribution in [2.75, 3.05) is 13.7 Å².